The van der Waals surface area contributed by atoms with Crippen LogP contribution in [0, 0.1) is 13.8 Å². The van der Waals surface area contributed by atoms with Gasteiger partial charge in [-0.1, -0.05) is 0 Å². The zero-order chi connectivity index (χ0) is 22.5. The van der Waals surface area contributed by atoms with Crippen molar-refractivity contribution in [3.63, 3.8) is 0 Å². The number of nitrogens with zero attached hydrogens (tertiary/aromatic N) is 1. The number of carbonyl (C=O) groups excluding carboxylic acids is 3. The Labute approximate surface area is 180 Å². The van der Waals surface area contributed by atoms with Crippen LogP contribution in [-0.2, 0) is 14.3 Å². The Kier molecular flexibility index (Phi) is 6.79. The maximum Gasteiger partial charge on any atom is 0.397 e. The summed E-state index contributed by atoms with van der Waals surface area (Å²) in [6.07, 6.45) is 1.92. The van der Waals surface area contributed by atoms with Gasteiger partial charge < -0.3 is 24.8 Å². The minimum atomic E-state index is -0.947. The van der Waals surface area contributed by atoms with Gasteiger partial charge in [0, 0.05) is 18.8 Å². The third-order valence-corrected chi connectivity index (χ3v) is 4.99. The fourth-order valence-corrected chi connectivity index (χ4v) is 3.52. The molecule has 2 aromatic carbocycles. The summed E-state index contributed by atoms with van der Waals surface area (Å²) in [5.74, 6) is -1.13. The predicted molar refractivity (Wildman–Crippen MR) is 114 cm³/mol. The number of aromatic hydroxyl groups is 1. The van der Waals surface area contributed by atoms with E-state index in [-0.39, 0.29) is 23.8 Å². The first-order valence-electron chi connectivity index (χ1n) is 10.2. The van der Waals surface area contributed by atoms with Crippen LogP contribution in [-0.4, -0.2) is 47.5 Å². The summed E-state index contributed by atoms with van der Waals surface area (Å²) in [5.41, 5.74) is 2.09. The predicted octanol–water partition coefficient (Wildman–Crippen LogP) is 3.54. The molecule has 2 aromatic rings. The summed E-state index contributed by atoms with van der Waals surface area (Å²) in [7, 11) is 0. The summed E-state index contributed by atoms with van der Waals surface area (Å²) >= 11 is 0. The highest BCUT2D eigenvalue weighted by atomic mass is 16.5. The zero-order valence-corrected chi connectivity index (χ0v) is 17.9. The quantitative estimate of drug-likeness (QED) is 0.560. The minimum absolute atomic E-state index is 0.0882. The van der Waals surface area contributed by atoms with Crippen molar-refractivity contribution in [3.05, 3.63) is 47.0 Å². The molecule has 0 atom stereocenters. The molecule has 0 radical (unpaired) electrons. The maximum atomic E-state index is 12.7. The van der Waals surface area contributed by atoms with Crippen molar-refractivity contribution in [2.24, 2.45) is 0 Å². The average molecular weight is 426 g/mol. The molecular formula is C23H26N2O6. The molecule has 2 amide bonds. The van der Waals surface area contributed by atoms with Gasteiger partial charge in [-0.25, -0.2) is 4.79 Å². The van der Waals surface area contributed by atoms with E-state index in [0.29, 0.717) is 30.3 Å². The number of likely N-dealkylation sites (tertiary alicyclic amines) is 1. The Morgan fingerprint density at radius 2 is 1.71 bits per heavy atom. The highest BCUT2D eigenvalue weighted by Crippen LogP contribution is 2.34. The molecule has 0 spiro atoms. The van der Waals surface area contributed by atoms with Crippen molar-refractivity contribution in [2.45, 2.75) is 33.6 Å². The SMILES string of the molecule is CCOC(=O)C(=O)Nc1cc(C)c(Oc2ccc(O)c(C(=O)N3CCCC3)c2)c(C)c1. The Morgan fingerprint density at radius 1 is 1.06 bits per heavy atom. The van der Waals surface area contributed by atoms with Crippen molar-refractivity contribution in [3.8, 4) is 17.2 Å². The molecule has 0 unspecified atom stereocenters. The van der Waals surface area contributed by atoms with Gasteiger partial charge in [0.25, 0.3) is 5.91 Å². The number of phenols is 1. The van der Waals surface area contributed by atoms with Gasteiger partial charge in [0.15, 0.2) is 0 Å². The summed E-state index contributed by atoms with van der Waals surface area (Å²) in [6, 6.07) is 7.92. The third kappa shape index (κ3) is 5.14. The van der Waals surface area contributed by atoms with E-state index in [1.54, 1.807) is 43.9 Å². The summed E-state index contributed by atoms with van der Waals surface area (Å²) in [6.45, 7) is 6.71. The number of ether oxygens (including phenoxy) is 2. The number of benzene rings is 2. The van der Waals surface area contributed by atoms with Crippen molar-refractivity contribution >= 4 is 23.5 Å². The van der Waals surface area contributed by atoms with Gasteiger partial charge in [0.1, 0.15) is 17.2 Å². The molecule has 1 aliphatic rings. The number of rotatable bonds is 5. The fraction of sp³-hybridized carbons (Fsp3) is 0.348. The van der Waals surface area contributed by atoms with Gasteiger partial charge in [-0.05, 0) is 75.1 Å². The molecule has 8 heteroatoms. The largest absolute Gasteiger partial charge is 0.507 e. The summed E-state index contributed by atoms with van der Waals surface area (Å²) in [4.78, 5) is 37.8. The number of hydrogen-bond donors (Lipinski definition) is 2. The number of phenolic OH excluding ortho intramolecular Hbond substituents is 1. The molecule has 0 aliphatic carbocycles. The lowest BCUT2D eigenvalue weighted by Crippen LogP contribution is -2.27. The highest BCUT2D eigenvalue weighted by molar-refractivity contribution is 6.37. The zero-order valence-electron chi connectivity index (χ0n) is 17.9. The first-order valence-corrected chi connectivity index (χ1v) is 10.2. The Morgan fingerprint density at radius 3 is 2.32 bits per heavy atom. The lowest BCUT2D eigenvalue weighted by atomic mass is 10.1. The second kappa shape index (κ2) is 9.51. The number of anilines is 1. The number of carbonyl (C=O) groups is 3. The van der Waals surface area contributed by atoms with Gasteiger partial charge in [-0.15, -0.1) is 0 Å². The monoisotopic (exact) mass is 426 g/mol. The van der Waals surface area contributed by atoms with Crippen LogP contribution in [0.3, 0.4) is 0 Å². The van der Waals surface area contributed by atoms with Crippen molar-refractivity contribution in [2.75, 3.05) is 25.0 Å². The normalized spacial score (nSPS) is 13.1. The summed E-state index contributed by atoms with van der Waals surface area (Å²) < 4.78 is 10.7. The van der Waals surface area contributed by atoms with Crippen LogP contribution in [0.5, 0.6) is 17.2 Å². The van der Waals surface area contributed by atoms with Crippen molar-refractivity contribution < 1.29 is 29.0 Å². The number of amides is 2. The topological polar surface area (TPSA) is 105 Å². The van der Waals surface area contributed by atoms with Crippen LogP contribution in [0.4, 0.5) is 5.69 Å². The van der Waals surface area contributed by atoms with Crippen LogP contribution >= 0.6 is 0 Å². The van der Waals surface area contributed by atoms with Crippen LogP contribution in [0.25, 0.3) is 0 Å². The molecule has 0 saturated carbocycles. The van der Waals surface area contributed by atoms with E-state index in [9.17, 15) is 19.5 Å². The van der Waals surface area contributed by atoms with E-state index < -0.39 is 11.9 Å². The lowest BCUT2D eigenvalue weighted by Gasteiger charge is -2.18. The molecule has 1 aliphatic heterocycles. The lowest BCUT2D eigenvalue weighted by molar-refractivity contribution is -0.152. The van der Waals surface area contributed by atoms with E-state index in [4.69, 9.17) is 4.74 Å². The number of aryl methyl sites for hydroxylation is 2. The van der Waals surface area contributed by atoms with E-state index in [1.165, 1.54) is 12.1 Å². The molecule has 0 aromatic heterocycles. The Balaban J connectivity index is 1.79. The molecule has 31 heavy (non-hydrogen) atoms. The first kappa shape index (κ1) is 22.1. The van der Waals surface area contributed by atoms with E-state index in [1.807, 2.05) is 0 Å². The molecule has 3 rings (SSSR count). The highest BCUT2D eigenvalue weighted by Gasteiger charge is 2.23. The van der Waals surface area contributed by atoms with Gasteiger partial charge in [-0.2, -0.15) is 0 Å². The summed E-state index contributed by atoms with van der Waals surface area (Å²) in [5, 5.41) is 12.7. The number of nitrogens with one attached hydrogen (secondary N) is 1. The van der Waals surface area contributed by atoms with Crippen LogP contribution in [0.2, 0.25) is 0 Å². The fourth-order valence-electron chi connectivity index (χ4n) is 3.52. The van der Waals surface area contributed by atoms with Crippen LogP contribution in [0.15, 0.2) is 30.3 Å². The van der Waals surface area contributed by atoms with E-state index in [2.05, 4.69) is 10.1 Å². The molecule has 2 N–H and O–H groups in total. The molecule has 1 heterocycles. The molecule has 1 fully saturated rings. The van der Waals surface area contributed by atoms with Gasteiger partial charge in [0.05, 0.1) is 12.2 Å². The minimum Gasteiger partial charge on any atom is -0.507 e. The van der Waals surface area contributed by atoms with Crippen molar-refractivity contribution in [1.82, 2.24) is 4.90 Å². The van der Waals surface area contributed by atoms with E-state index >= 15 is 0 Å². The number of esters is 1. The molecule has 8 nitrogen and oxygen atoms in total. The molecule has 164 valence electrons. The van der Waals surface area contributed by atoms with Crippen LogP contribution < -0.4 is 10.1 Å². The first-order chi connectivity index (χ1) is 14.8. The second-order valence-electron chi connectivity index (χ2n) is 7.39. The van der Waals surface area contributed by atoms with Crippen molar-refractivity contribution in [1.29, 1.82) is 0 Å². The number of hydrogen-bond acceptors (Lipinski definition) is 6. The molecular weight excluding hydrogens is 400 g/mol. The molecule has 1 saturated heterocycles. The van der Waals surface area contributed by atoms with E-state index in [0.717, 1.165) is 24.0 Å². The Hall–Kier alpha value is -3.55. The smallest absolute Gasteiger partial charge is 0.397 e. The van der Waals surface area contributed by atoms with Crippen LogP contribution in [0.1, 0.15) is 41.3 Å². The standard InChI is InChI=1S/C23H26N2O6/c1-4-30-23(29)21(27)24-16-11-14(2)20(15(3)12-16)31-17-7-8-19(26)18(13-17)22(28)25-9-5-6-10-25/h7-8,11-13,26H,4-6,9-10H2,1-3H3,(H,24,27). The van der Waals surface area contributed by atoms with Gasteiger partial charge in [0.2, 0.25) is 0 Å². The maximum absolute atomic E-state index is 12.7. The average Bonchev–Trinajstić information content (AvgIpc) is 3.26. The Bertz CT molecular complexity index is 988. The van der Waals surface area contributed by atoms with Gasteiger partial charge in [-0.3, -0.25) is 9.59 Å². The third-order valence-electron chi connectivity index (χ3n) is 4.99. The van der Waals surface area contributed by atoms with Gasteiger partial charge >= 0.3 is 11.9 Å². The second-order valence-corrected chi connectivity index (χ2v) is 7.39. The molecule has 0 bridgehead atoms.